The van der Waals surface area contributed by atoms with Gasteiger partial charge in [0.25, 0.3) is 0 Å². The van der Waals surface area contributed by atoms with Gasteiger partial charge in [-0.2, -0.15) is 0 Å². The molecule has 0 bridgehead atoms. The highest BCUT2D eigenvalue weighted by atomic mass is 16.7. The Bertz CT molecular complexity index is 486. The summed E-state index contributed by atoms with van der Waals surface area (Å²) in [6.07, 6.45) is 1.69. The first-order valence-electron chi connectivity index (χ1n) is 8.09. The third-order valence-corrected chi connectivity index (χ3v) is 3.71. The summed E-state index contributed by atoms with van der Waals surface area (Å²) >= 11 is 0. The van der Waals surface area contributed by atoms with Crippen molar-refractivity contribution in [1.82, 2.24) is 0 Å². The van der Waals surface area contributed by atoms with Crippen LogP contribution in [-0.4, -0.2) is 45.6 Å². The molecule has 0 aliphatic carbocycles. The van der Waals surface area contributed by atoms with Crippen molar-refractivity contribution in [3.8, 4) is 5.75 Å². The van der Waals surface area contributed by atoms with Crippen molar-refractivity contribution in [1.29, 1.82) is 0 Å². The maximum Gasteiger partial charge on any atom is 0.188 e. The highest BCUT2D eigenvalue weighted by Gasteiger charge is 2.32. The first-order chi connectivity index (χ1) is 11.1. The molecule has 5 heteroatoms. The van der Waals surface area contributed by atoms with Crippen LogP contribution in [0, 0.1) is 6.07 Å². The van der Waals surface area contributed by atoms with Gasteiger partial charge in [-0.15, -0.1) is 0 Å². The van der Waals surface area contributed by atoms with Crippen molar-refractivity contribution < 1.29 is 23.7 Å². The van der Waals surface area contributed by atoms with E-state index in [0.29, 0.717) is 19.8 Å². The van der Waals surface area contributed by atoms with Gasteiger partial charge in [0, 0.05) is 7.11 Å². The largest absolute Gasteiger partial charge is 0.467 e. The second-order valence-electron chi connectivity index (χ2n) is 5.98. The third-order valence-electron chi connectivity index (χ3n) is 3.71. The molecule has 0 amide bonds. The Balaban J connectivity index is 1.81. The SMILES string of the molecule is CCc1c(CCOCC2COC(C)(C)O2)[c]ccc1OCOC. The molecule has 1 aliphatic heterocycles. The van der Waals surface area contributed by atoms with Gasteiger partial charge in [-0.05, 0) is 49.9 Å². The zero-order chi connectivity index (χ0) is 16.7. The Morgan fingerprint density at radius 3 is 2.87 bits per heavy atom. The highest BCUT2D eigenvalue weighted by Crippen LogP contribution is 2.24. The smallest absolute Gasteiger partial charge is 0.188 e. The van der Waals surface area contributed by atoms with Crippen LogP contribution in [-0.2, 0) is 31.8 Å². The van der Waals surface area contributed by atoms with Crippen molar-refractivity contribution in [2.24, 2.45) is 0 Å². The van der Waals surface area contributed by atoms with Crippen molar-refractivity contribution in [3.05, 3.63) is 29.3 Å². The zero-order valence-electron chi connectivity index (χ0n) is 14.5. The van der Waals surface area contributed by atoms with Gasteiger partial charge in [0.05, 0.1) is 19.8 Å². The molecule has 129 valence electrons. The summed E-state index contributed by atoms with van der Waals surface area (Å²) < 4.78 is 27.6. The second kappa shape index (κ2) is 8.64. The van der Waals surface area contributed by atoms with E-state index >= 15 is 0 Å². The molecule has 0 aromatic heterocycles. The van der Waals surface area contributed by atoms with E-state index in [1.165, 1.54) is 0 Å². The summed E-state index contributed by atoms with van der Waals surface area (Å²) in [5.74, 6) is 0.363. The van der Waals surface area contributed by atoms with Crippen LogP contribution in [0.1, 0.15) is 31.9 Å². The molecule has 5 nitrogen and oxygen atoms in total. The van der Waals surface area contributed by atoms with Crippen molar-refractivity contribution in [3.63, 3.8) is 0 Å². The Labute approximate surface area is 138 Å². The van der Waals surface area contributed by atoms with Crippen LogP contribution in [0.2, 0.25) is 0 Å². The van der Waals surface area contributed by atoms with Crippen molar-refractivity contribution >= 4 is 0 Å². The summed E-state index contributed by atoms with van der Waals surface area (Å²) in [5.41, 5.74) is 2.29. The average Bonchev–Trinajstić information content (AvgIpc) is 2.88. The standard InChI is InChI=1S/C18H27O5/c1-5-16-14(7-6-8-17(16)21-13-19-4)9-10-20-11-15-12-22-18(2,3)23-15/h6,8,15H,5,9-13H2,1-4H3. The lowest BCUT2D eigenvalue weighted by molar-refractivity contribution is -0.144. The number of hydrogen-bond donors (Lipinski definition) is 0. The molecular weight excluding hydrogens is 296 g/mol. The van der Waals surface area contributed by atoms with Crippen molar-refractivity contribution in [2.45, 2.75) is 45.5 Å². The predicted octanol–water partition coefficient (Wildman–Crippen LogP) is 2.74. The second-order valence-corrected chi connectivity index (χ2v) is 5.98. The molecule has 1 atom stereocenters. The average molecular weight is 323 g/mol. The Morgan fingerprint density at radius 1 is 1.39 bits per heavy atom. The van der Waals surface area contributed by atoms with Crippen LogP contribution >= 0.6 is 0 Å². The fraction of sp³-hybridized carbons (Fsp3) is 0.667. The van der Waals surface area contributed by atoms with Gasteiger partial charge in [-0.1, -0.05) is 13.0 Å². The topological polar surface area (TPSA) is 46.2 Å². The van der Waals surface area contributed by atoms with E-state index in [0.717, 1.165) is 29.7 Å². The minimum absolute atomic E-state index is 0.0102. The lowest BCUT2D eigenvalue weighted by Gasteiger charge is -2.17. The number of benzene rings is 1. The summed E-state index contributed by atoms with van der Waals surface area (Å²) in [4.78, 5) is 0. The molecule has 1 aromatic rings. The van der Waals surface area contributed by atoms with Gasteiger partial charge >= 0.3 is 0 Å². The molecule has 1 aliphatic rings. The molecular formula is C18H27O5. The fourth-order valence-corrected chi connectivity index (χ4v) is 2.66. The fourth-order valence-electron chi connectivity index (χ4n) is 2.66. The van der Waals surface area contributed by atoms with Crippen LogP contribution in [0.15, 0.2) is 12.1 Å². The summed E-state index contributed by atoms with van der Waals surface area (Å²) in [5, 5.41) is 0. The Hall–Kier alpha value is -1.14. The van der Waals surface area contributed by atoms with E-state index in [4.69, 9.17) is 23.7 Å². The number of ether oxygens (including phenoxy) is 5. The minimum atomic E-state index is -0.496. The first kappa shape index (κ1) is 18.2. The summed E-state index contributed by atoms with van der Waals surface area (Å²) in [7, 11) is 1.62. The van der Waals surface area contributed by atoms with Gasteiger partial charge < -0.3 is 23.7 Å². The predicted molar refractivity (Wildman–Crippen MR) is 86.6 cm³/mol. The van der Waals surface area contributed by atoms with E-state index in [-0.39, 0.29) is 12.9 Å². The molecule has 1 unspecified atom stereocenters. The van der Waals surface area contributed by atoms with Gasteiger partial charge in [0.2, 0.25) is 0 Å². The van der Waals surface area contributed by atoms with Crippen LogP contribution in [0.5, 0.6) is 5.75 Å². The monoisotopic (exact) mass is 323 g/mol. The Kier molecular flexibility index (Phi) is 6.84. The molecule has 1 heterocycles. The van der Waals surface area contributed by atoms with Crippen LogP contribution in [0.4, 0.5) is 0 Å². The lowest BCUT2D eigenvalue weighted by atomic mass is 10.0. The number of hydrogen-bond acceptors (Lipinski definition) is 5. The van der Waals surface area contributed by atoms with E-state index in [1.54, 1.807) is 7.11 Å². The maximum atomic E-state index is 5.74. The third kappa shape index (κ3) is 5.46. The van der Waals surface area contributed by atoms with E-state index in [1.807, 2.05) is 26.0 Å². The van der Waals surface area contributed by atoms with E-state index < -0.39 is 5.79 Å². The quantitative estimate of drug-likeness (QED) is 0.516. The molecule has 1 fully saturated rings. The molecule has 0 spiro atoms. The molecule has 0 saturated carbocycles. The Morgan fingerprint density at radius 2 is 2.22 bits per heavy atom. The van der Waals surface area contributed by atoms with Gasteiger partial charge in [-0.3, -0.25) is 0 Å². The van der Waals surface area contributed by atoms with Gasteiger partial charge in [-0.25, -0.2) is 0 Å². The van der Waals surface area contributed by atoms with Gasteiger partial charge in [0.1, 0.15) is 11.9 Å². The van der Waals surface area contributed by atoms with E-state index in [9.17, 15) is 0 Å². The lowest BCUT2D eigenvalue weighted by Crippen LogP contribution is -2.24. The van der Waals surface area contributed by atoms with Crippen LogP contribution in [0.3, 0.4) is 0 Å². The summed E-state index contributed by atoms with van der Waals surface area (Å²) in [6.45, 7) is 7.95. The molecule has 0 N–H and O–H groups in total. The molecule has 1 radical (unpaired) electrons. The first-order valence-corrected chi connectivity index (χ1v) is 8.09. The number of methoxy groups -OCH3 is 1. The van der Waals surface area contributed by atoms with Gasteiger partial charge in [0.15, 0.2) is 12.6 Å². The summed E-state index contributed by atoms with van der Waals surface area (Å²) in [6, 6.07) is 7.10. The molecule has 23 heavy (non-hydrogen) atoms. The molecule has 1 aromatic carbocycles. The maximum absolute atomic E-state index is 5.74. The normalized spacial score (nSPS) is 19.9. The van der Waals surface area contributed by atoms with Crippen LogP contribution in [0.25, 0.3) is 0 Å². The molecule has 2 rings (SSSR count). The zero-order valence-corrected chi connectivity index (χ0v) is 14.5. The van der Waals surface area contributed by atoms with Crippen LogP contribution < -0.4 is 4.74 Å². The van der Waals surface area contributed by atoms with Crippen molar-refractivity contribution in [2.75, 3.05) is 33.7 Å². The molecule has 1 saturated heterocycles. The van der Waals surface area contributed by atoms with E-state index in [2.05, 4.69) is 13.0 Å². The minimum Gasteiger partial charge on any atom is -0.467 e. The number of rotatable bonds is 9. The highest BCUT2D eigenvalue weighted by molar-refractivity contribution is 5.39.